The number of carbonyl (C=O) groups excluding carboxylic acids is 1. The summed E-state index contributed by atoms with van der Waals surface area (Å²) in [4.78, 5) is 24.4. The summed E-state index contributed by atoms with van der Waals surface area (Å²) in [5.74, 6) is -0.424. The molecule has 0 aromatic carbocycles. The number of nitrogens with zero attached hydrogens (tertiary/aromatic N) is 1. The zero-order valence-electron chi connectivity index (χ0n) is 12.1. The molecule has 1 rings (SSSR count). The SMILES string of the molecule is CN(C(=O)CCCC1CCOCC1)C(C)(C)C(=O)O. The molecular weight excluding hydrogens is 246 g/mol. The van der Waals surface area contributed by atoms with Crippen molar-refractivity contribution in [2.45, 2.75) is 51.5 Å². The van der Waals surface area contributed by atoms with E-state index in [0.29, 0.717) is 12.3 Å². The summed E-state index contributed by atoms with van der Waals surface area (Å²) in [5.41, 5.74) is -1.14. The van der Waals surface area contributed by atoms with E-state index in [4.69, 9.17) is 9.84 Å². The number of hydrogen-bond acceptors (Lipinski definition) is 3. The second kappa shape index (κ2) is 6.89. The maximum atomic E-state index is 12.0. The van der Waals surface area contributed by atoms with E-state index in [1.165, 1.54) is 4.90 Å². The van der Waals surface area contributed by atoms with Crippen LogP contribution in [0.2, 0.25) is 0 Å². The van der Waals surface area contributed by atoms with Gasteiger partial charge in [-0.1, -0.05) is 0 Å². The molecule has 110 valence electrons. The molecule has 0 saturated carbocycles. The molecule has 1 fully saturated rings. The molecule has 1 aliphatic rings. The summed E-state index contributed by atoms with van der Waals surface area (Å²) in [6, 6.07) is 0. The molecule has 1 heterocycles. The van der Waals surface area contributed by atoms with Gasteiger partial charge in [-0.3, -0.25) is 4.79 Å². The molecular formula is C14H25NO4. The molecule has 0 atom stereocenters. The lowest BCUT2D eigenvalue weighted by Gasteiger charge is -2.31. The number of hydrogen-bond donors (Lipinski definition) is 1. The number of aliphatic carboxylic acids is 1. The van der Waals surface area contributed by atoms with Crippen LogP contribution in [0.25, 0.3) is 0 Å². The van der Waals surface area contributed by atoms with Crippen molar-refractivity contribution >= 4 is 11.9 Å². The molecule has 1 aliphatic heterocycles. The van der Waals surface area contributed by atoms with Crippen LogP contribution < -0.4 is 0 Å². The Hall–Kier alpha value is -1.10. The Bertz CT molecular complexity index is 321. The Morgan fingerprint density at radius 3 is 2.42 bits per heavy atom. The van der Waals surface area contributed by atoms with Gasteiger partial charge in [0.25, 0.3) is 0 Å². The van der Waals surface area contributed by atoms with E-state index in [9.17, 15) is 9.59 Å². The fourth-order valence-electron chi connectivity index (χ4n) is 2.20. The van der Waals surface area contributed by atoms with Crippen LogP contribution in [-0.4, -0.2) is 47.7 Å². The van der Waals surface area contributed by atoms with Crippen molar-refractivity contribution in [3.8, 4) is 0 Å². The van der Waals surface area contributed by atoms with Crippen molar-refractivity contribution in [3.05, 3.63) is 0 Å². The average molecular weight is 271 g/mol. The van der Waals surface area contributed by atoms with Crippen LogP contribution in [0.15, 0.2) is 0 Å². The molecule has 5 nitrogen and oxygen atoms in total. The van der Waals surface area contributed by atoms with Gasteiger partial charge < -0.3 is 14.7 Å². The Morgan fingerprint density at radius 1 is 1.32 bits per heavy atom. The normalized spacial score (nSPS) is 17.2. The summed E-state index contributed by atoms with van der Waals surface area (Å²) in [7, 11) is 1.56. The van der Waals surface area contributed by atoms with E-state index >= 15 is 0 Å². The molecule has 0 radical (unpaired) electrons. The molecule has 5 heteroatoms. The lowest BCUT2D eigenvalue weighted by atomic mass is 9.94. The van der Waals surface area contributed by atoms with Crippen LogP contribution in [0.4, 0.5) is 0 Å². The van der Waals surface area contributed by atoms with Crippen LogP contribution in [-0.2, 0) is 14.3 Å². The first kappa shape index (κ1) is 16.0. The first-order valence-electron chi connectivity index (χ1n) is 6.93. The van der Waals surface area contributed by atoms with E-state index in [0.717, 1.165) is 38.9 Å². The Balaban J connectivity index is 2.32. The van der Waals surface area contributed by atoms with Gasteiger partial charge in [-0.25, -0.2) is 4.79 Å². The Kier molecular flexibility index (Phi) is 5.79. The van der Waals surface area contributed by atoms with Gasteiger partial charge in [-0.2, -0.15) is 0 Å². The topological polar surface area (TPSA) is 66.8 Å². The zero-order valence-corrected chi connectivity index (χ0v) is 12.1. The van der Waals surface area contributed by atoms with Crippen molar-refractivity contribution in [1.29, 1.82) is 0 Å². The standard InChI is InChI=1S/C14H25NO4/c1-14(2,13(17)18)15(3)12(16)6-4-5-11-7-9-19-10-8-11/h11H,4-10H2,1-3H3,(H,17,18). The maximum absolute atomic E-state index is 12.0. The third-order valence-electron chi connectivity index (χ3n) is 4.08. The van der Waals surface area contributed by atoms with Crippen LogP contribution in [0.3, 0.4) is 0 Å². The number of carboxylic acids is 1. The van der Waals surface area contributed by atoms with Gasteiger partial charge in [0.05, 0.1) is 0 Å². The van der Waals surface area contributed by atoms with Crippen molar-refractivity contribution in [1.82, 2.24) is 4.90 Å². The second-order valence-corrected chi connectivity index (χ2v) is 5.76. The Labute approximate surface area is 114 Å². The molecule has 0 bridgehead atoms. The number of carboxylic acid groups (broad SMARTS) is 1. The number of amides is 1. The summed E-state index contributed by atoms with van der Waals surface area (Å²) < 4.78 is 5.30. The van der Waals surface area contributed by atoms with Crippen LogP contribution in [0.5, 0.6) is 0 Å². The molecule has 1 amide bonds. The molecule has 0 unspecified atom stereocenters. The van der Waals surface area contributed by atoms with E-state index in [1.54, 1.807) is 20.9 Å². The van der Waals surface area contributed by atoms with Gasteiger partial charge in [0.2, 0.25) is 5.91 Å². The van der Waals surface area contributed by atoms with Crippen LogP contribution in [0.1, 0.15) is 46.0 Å². The quantitative estimate of drug-likeness (QED) is 0.801. The fraction of sp³-hybridized carbons (Fsp3) is 0.857. The van der Waals surface area contributed by atoms with Crippen molar-refractivity contribution in [2.75, 3.05) is 20.3 Å². The smallest absolute Gasteiger partial charge is 0.329 e. The number of ether oxygens (including phenoxy) is 1. The lowest BCUT2D eigenvalue weighted by Crippen LogP contribution is -2.50. The molecule has 0 spiro atoms. The fourth-order valence-corrected chi connectivity index (χ4v) is 2.20. The van der Waals surface area contributed by atoms with Gasteiger partial charge in [0, 0.05) is 26.7 Å². The average Bonchev–Trinajstić information content (AvgIpc) is 2.38. The molecule has 19 heavy (non-hydrogen) atoms. The highest BCUT2D eigenvalue weighted by Crippen LogP contribution is 2.22. The minimum Gasteiger partial charge on any atom is -0.480 e. The highest BCUT2D eigenvalue weighted by atomic mass is 16.5. The highest BCUT2D eigenvalue weighted by molar-refractivity contribution is 5.86. The monoisotopic (exact) mass is 271 g/mol. The molecule has 0 aromatic heterocycles. The highest BCUT2D eigenvalue weighted by Gasteiger charge is 2.34. The van der Waals surface area contributed by atoms with E-state index in [2.05, 4.69) is 0 Å². The summed E-state index contributed by atoms with van der Waals surface area (Å²) in [6.07, 6.45) is 4.42. The number of carbonyl (C=O) groups is 2. The van der Waals surface area contributed by atoms with Crippen LogP contribution >= 0.6 is 0 Å². The predicted molar refractivity (Wildman–Crippen MR) is 71.9 cm³/mol. The van der Waals surface area contributed by atoms with E-state index < -0.39 is 11.5 Å². The minimum atomic E-state index is -1.14. The third kappa shape index (κ3) is 4.49. The third-order valence-corrected chi connectivity index (χ3v) is 4.08. The van der Waals surface area contributed by atoms with Gasteiger partial charge in [0.1, 0.15) is 5.54 Å². The summed E-state index contributed by atoms with van der Waals surface area (Å²) >= 11 is 0. The minimum absolute atomic E-state index is 0.0977. The molecule has 1 N–H and O–H groups in total. The molecule has 0 aromatic rings. The van der Waals surface area contributed by atoms with Crippen molar-refractivity contribution in [2.24, 2.45) is 5.92 Å². The largest absolute Gasteiger partial charge is 0.480 e. The Morgan fingerprint density at radius 2 is 1.89 bits per heavy atom. The summed E-state index contributed by atoms with van der Waals surface area (Å²) in [6.45, 7) is 4.74. The van der Waals surface area contributed by atoms with E-state index in [-0.39, 0.29) is 5.91 Å². The van der Waals surface area contributed by atoms with Crippen molar-refractivity contribution in [3.63, 3.8) is 0 Å². The van der Waals surface area contributed by atoms with Crippen LogP contribution in [0, 0.1) is 5.92 Å². The molecule has 0 aliphatic carbocycles. The second-order valence-electron chi connectivity index (χ2n) is 5.76. The number of likely N-dealkylation sites (N-methyl/N-ethyl adjacent to an activating group) is 1. The lowest BCUT2D eigenvalue weighted by molar-refractivity contribution is -0.155. The first-order valence-corrected chi connectivity index (χ1v) is 6.93. The maximum Gasteiger partial charge on any atom is 0.329 e. The van der Waals surface area contributed by atoms with Gasteiger partial charge in [-0.15, -0.1) is 0 Å². The zero-order chi connectivity index (χ0) is 14.5. The number of rotatable bonds is 6. The molecule has 1 saturated heterocycles. The van der Waals surface area contributed by atoms with Gasteiger partial charge in [-0.05, 0) is 45.4 Å². The van der Waals surface area contributed by atoms with E-state index in [1.807, 2.05) is 0 Å². The van der Waals surface area contributed by atoms with Gasteiger partial charge >= 0.3 is 5.97 Å². The predicted octanol–water partition coefficient (Wildman–Crippen LogP) is 1.90. The summed E-state index contributed by atoms with van der Waals surface area (Å²) in [5, 5.41) is 9.08. The first-order chi connectivity index (χ1) is 8.85. The van der Waals surface area contributed by atoms with Gasteiger partial charge in [0.15, 0.2) is 0 Å². The van der Waals surface area contributed by atoms with Crippen molar-refractivity contribution < 1.29 is 19.4 Å².